The minimum absolute atomic E-state index is 0. The molecule has 0 aliphatic rings. The minimum Gasteiger partial charge on any atom is -0.327 e. The Morgan fingerprint density at radius 3 is 2.42 bits per heavy atom. The fourth-order valence-corrected chi connectivity index (χ4v) is 2.61. The molecule has 3 N–H and O–H groups in total. The van der Waals surface area contributed by atoms with Crippen molar-refractivity contribution in [3.8, 4) is 0 Å². The van der Waals surface area contributed by atoms with E-state index < -0.39 is 0 Å². The number of rotatable bonds is 6. The van der Waals surface area contributed by atoms with Gasteiger partial charge in [-0.25, -0.2) is 0 Å². The van der Waals surface area contributed by atoms with Crippen molar-refractivity contribution in [2.45, 2.75) is 30.5 Å². The van der Waals surface area contributed by atoms with E-state index in [9.17, 15) is 4.79 Å². The summed E-state index contributed by atoms with van der Waals surface area (Å²) in [5, 5.41) is 2.89. The summed E-state index contributed by atoms with van der Waals surface area (Å²) < 4.78 is 0. The van der Waals surface area contributed by atoms with Gasteiger partial charge in [-0.05, 0) is 42.8 Å². The molecule has 0 aliphatic carbocycles. The molecule has 24 heavy (non-hydrogen) atoms. The third kappa shape index (κ3) is 7.09. The lowest BCUT2D eigenvalue weighted by Crippen LogP contribution is -2.34. The molecule has 0 saturated heterocycles. The van der Waals surface area contributed by atoms with Gasteiger partial charge < -0.3 is 11.1 Å². The summed E-state index contributed by atoms with van der Waals surface area (Å²) in [6.07, 6.45) is 3.64. The Balaban J connectivity index is 0.00000264. The Morgan fingerprint density at radius 2 is 1.88 bits per heavy atom. The van der Waals surface area contributed by atoms with Crippen molar-refractivity contribution in [2.75, 3.05) is 5.32 Å². The van der Waals surface area contributed by atoms with Gasteiger partial charge in [-0.1, -0.05) is 13.0 Å². The maximum absolute atomic E-state index is 11.9. The second-order valence-corrected chi connectivity index (χ2v) is 6.36. The standard InChI is InChI=1S/C17H21N3OS.2ClH/c1-12(13(2)18)17(21)20-15-5-7-16(8-6-15)22-11-14-4-3-9-19-10-14;;/h3-10,12-13H,11,18H2,1-2H3,(H,20,21);2*1H. The first kappa shape index (κ1) is 22.7. The summed E-state index contributed by atoms with van der Waals surface area (Å²) in [6, 6.07) is 11.7. The highest BCUT2D eigenvalue weighted by Crippen LogP contribution is 2.24. The van der Waals surface area contributed by atoms with Crippen molar-refractivity contribution in [1.82, 2.24) is 4.98 Å². The minimum atomic E-state index is -0.209. The number of nitrogens with zero attached hydrogens (tertiary/aromatic N) is 1. The van der Waals surface area contributed by atoms with Crippen molar-refractivity contribution < 1.29 is 4.79 Å². The molecule has 1 amide bonds. The number of halogens is 2. The maximum atomic E-state index is 11.9. The van der Waals surface area contributed by atoms with Gasteiger partial charge in [0.1, 0.15) is 0 Å². The Kier molecular flexibility index (Phi) is 10.7. The molecule has 1 aromatic heterocycles. The van der Waals surface area contributed by atoms with Gasteiger partial charge in [-0.2, -0.15) is 0 Å². The van der Waals surface area contributed by atoms with Crippen LogP contribution in [0.1, 0.15) is 19.4 Å². The summed E-state index contributed by atoms with van der Waals surface area (Å²) in [7, 11) is 0. The van der Waals surface area contributed by atoms with E-state index in [1.165, 1.54) is 5.56 Å². The van der Waals surface area contributed by atoms with Crippen molar-refractivity contribution in [3.05, 3.63) is 54.4 Å². The molecule has 0 fully saturated rings. The zero-order valence-electron chi connectivity index (χ0n) is 13.6. The van der Waals surface area contributed by atoms with Gasteiger partial charge in [-0.3, -0.25) is 9.78 Å². The lowest BCUT2D eigenvalue weighted by Gasteiger charge is -2.15. The Hall–Kier alpha value is -1.27. The van der Waals surface area contributed by atoms with Crippen LogP contribution in [0.4, 0.5) is 5.69 Å². The molecular weight excluding hydrogens is 365 g/mol. The number of benzene rings is 1. The topological polar surface area (TPSA) is 68.0 Å². The predicted octanol–water partition coefficient (Wildman–Crippen LogP) is 4.14. The fourth-order valence-electron chi connectivity index (χ4n) is 1.78. The van der Waals surface area contributed by atoms with Crippen LogP contribution in [0.25, 0.3) is 0 Å². The largest absolute Gasteiger partial charge is 0.327 e. The third-order valence-electron chi connectivity index (χ3n) is 3.45. The van der Waals surface area contributed by atoms with Gasteiger partial charge >= 0.3 is 0 Å². The van der Waals surface area contributed by atoms with Crippen molar-refractivity contribution in [3.63, 3.8) is 0 Å². The summed E-state index contributed by atoms with van der Waals surface area (Å²) >= 11 is 1.74. The SMILES string of the molecule is CC(N)C(C)C(=O)Nc1ccc(SCc2cccnc2)cc1.Cl.Cl. The van der Waals surface area contributed by atoms with Crippen LogP contribution in [0.5, 0.6) is 0 Å². The molecule has 2 unspecified atom stereocenters. The van der Waals surface area contributed by atoms with Crippen LogP contribution in [-0.2, 0) is 10.5 Å². The number of anilines is 1. The van der Waals surface area contributed by atoms with Gasteiger partial charge in [0.2, 0.25) is 5.91 Å². The average Bonchev–Trinajstić information content (AvgIpc) is 2.54. The zero-order chi connectivity index (χ0) is 15.9. The Labute approximate surface area is 159 Å². The van der Waals surface area contributed by atoms with Crippen molar-refractivity contribution >= 4 is 48.2 Å². The quantitative estimate of drug-likeness (QED) is 0.730. The molecule has 0 aliphatic heterocycles. The second kappa shape index (κ2) is 11.3. The normalized spacial score (nSPS) is 12.3. The highest BCUT2D eigenvalue weighted by atomic mass is 35.5. The molecule has 132 valence electrons. The lowest BCUT2D eigenvalue weighted by atomic mass is 10.0. The van der Waals surface area contributed by atoms with Gasteiger partial charge in [0.05, 0.1) is 5.92 Å². The highest BCUT2D eigenvalue weighted by molar-refractivity contribution is 7.98. The molecule has 7 heteroatoms. The summed E-state index contributed by atoms with van der Waals surface area (Å²) in [6.45, 7) is 3.67. The van der Waals surface area contributed by atoms with Crippen LogP contribution in [0, 0.1) is 5.92 Å². The summed E-state index contributed by atoms with van der Waals surface area (Å²) in [5.41, 5.74) is 7.73. The van der Waals surface area contributed by atoms with E-state index >= 15 is 0 Å². The van der Waals surface area contributed by atoms with Crippen molar-refractivity contribution in [1.29, 1.82) is 0 Å². The third-order valence-corrected chi connectivity index (χ3v) is 4.54. The number of amides is 1. The van der Waals surface area contributed by atoms with Crippen LogP contribution < -0.4 is 11.1 Å². The fraction of sp³-hybridized carbons (Fsp3) is 0.294. The number of hydrogen-bond acceptors (Lipinski definition) is 4. The highest BCUT2D eigenvalue weighted by Gasteiger charge is 2.16. The molecule has 1 aromatic carbocycles. The first-order valence-corrected chi connectivity index (χ1v) is 8.23. The second-order valence-electron chi connectivity index (χ2n) is 5.31. The van der Waals surface area contributed by atoms with Gasteiger partial charge in [-0.15, -0.1) is 36.6 Å². The molecule has 0 saturated carbocycles. The summed E-state index contributed by atoms with van der Waals surface area (Å²) in [5.74, 6) is 0.617. The zero-order valence-corrected chi connectivity index (χ0v) is 16.1. The number of carbonyl (C=O) groups excluding carboxylic acids is 1. The molecule has 1 heterocycles. The number of pyridine rings is 1. The van der Waals surface area contributed by atoms with Crippen molar-refractivity contribution in [2.24, 2.45) is 11.7 Å². The van der Waals surface area contributed by atoms with Crippen LogP contribution in [0.3, 0.4) is 0 Å². The number of thioether (sulfide) groups is 1. The lowest BCUT2D eigenvalue weighted by molar-refractivity contribution is -0.119. The Bertz CT molecular complexity index is 609. The van der Waals surface area contributed by atoms with Gasteiger partial charge in [0.15, 0.2) is 0 Å². The molecular formula is C17H23Cl2N3OS. The molecule has 2 atom stereocenters. The van der Waals surface area contributed by atoms with E-state index in [4.69, 9.17) is 5.73 Å². The van der Waals surface area contributed by atoms with E-state index in [-0.39, 0.29) is 42.7 Å². The number of carbonyl (C=O) groups is 1. The molecule has 0 spiro atoms. The molecule has 0 radical (unpaired) electrons. The van der Waals surface area contributed by atoms with Gasteiger partial charge in [0, 0.05) is 34.8 Å². The number of nitrogens with one attached hydrogen (secondary N) is 1. The smallest absolute Gasteiger partial charge is 0.228 e. The van der Waals surface area contributed by atoms with E-state index in [1.54, 1.807) is 18.0 Å². The van der Waals surface area contributed by atoms with Gasteiger partial charge in [0.25, 0.3) is 0 Å². The van der Waals surface area contributed by atoms with Crippen LogP contribution in [0.2, 0.25) is 0 Å². The number of hydrogen-bond donors (Lipinski definition) is 2. The van der Waals surface area contributed by atoms with E-state index in [1.807, 2.05) is 50.4 Å². The van der Waals surface area contributed by atoms with Crippen LogP contribution in [0.15, 0.2) is 53.7 Å². The first-order valence-electron chi connectivity index (χ1n) is 7.24. The molecule has 2 aromatic rings. The van der Waals surface area contributed by atoms with Crippen LogP contribution in [-0.4, -0.2) is 16.9 Å². The molecule has 4 nitrogen and oxygen atoms in total. The monoisotopic (exact) mass is 387 g/mol. The number of nitrogens with two attached hydrogens (primary N) is 1. The van der Waals surface area contributed by atoms with E-state index in [0.29, 0.717) is 0 Å². The first-order chi connectivity index (χ1) is 10.6. The average molecular weight is 388 g/mol. The summed E-state index contributed by atoms with van der Waals surface area (Å²) in [4.78, 5) is 17.2. The number of aromatic nitrogens is 1. The van der Waals surface area contributed by atoms with E-state index in [2.05, 4.69) is 16.4 Å². The Morgan fingerprint density at radius 1 is 1.21 bits per heavy atom. The maximum Gasteiger partial charge on any atom is 0.228 e. The van der Waals surface area contributed by atoms with Crippen LogP contribution >= 0.6 is 36.6 Å². The predicted molar refractivity (Wildman–Crippen MR) is 106 cm³/mol. The molecule has 2 rings (SSSR count). The van der Waals surface area contributed by atoms with E-state index in [0.717, 1.165) is 16.3 Å². The molecule has 0 bridgehead atoms.